The summed E-state index contributed by atoms with van der Waals surface area (Å²) in [5, 5.41) is 8.78. The molecular formula is C13H22BN3O3. The van der Waals surface area contributed by atoms with Crippen molar-refractivity contribution < 1.29 is 14.0 Å². The molecule has 0 amide bonds. The fourth-order valence-electron chi connectivity index (χ4n) is 2.40. The van der Waals surface area contributed by atoms with Crippen molar-refractivity contribution in [3.63, 3.8) is 0 Å². The molecule has 0 N–H and O–H groups in total. The Labute approximate surface area is 119 Å². The normalized spacial score (nSPS) is 28.8. The van der Waals surface area contributed by atoms with E-state index in [1.54, 1.807) is 11.0 Å². The van der Waals surface area contributed by atoms with Gasteiger partial charge in [-0.3, -0.25) is 0 Å². The second kappa shape index (κ2) is 4.82. The number of ether oxygens (including phenoxy) is 1. The van der Waals surface area contributed by atoms with Gasteiger partial charge in [0.2, 0.25) is 0 Å². The largest absolute Gasteiger partial charge is 0.518 e. The molecule has 0 unspecified atom stereocenters. The van der Waals surface area contributed by atoms with Crippen molar-refractivity contribution in [2.24, 2.45) is 0 Å². The van der Waals surface area contributed by atoms with Gasteiger partial charge in [0.25, 0.3) is 0 Å². The Morgan fingerprint density at radius 1 is 1.20 bits per heavy atom. The highest BCUT2D eigenvalue weighted by atomic mass is 16.7. The molecule has 0 aliphatic carbocycles. The van der Waals surface area contributed by atoms with Crippen LogP contribution < -0.4 is 5.59 Å². The molecule has 1 atom stereocenters. The highest BCUT2D eigenvalue weighted by molar-refractivity contribution is 6.61. The van der Waals surface area contributed by atoms with Crippen LogP contribution in [0.1, 0.15) is 53.2 Å². The quantitative estimate of drug-likeness (QED) is 0.763. The lowest BCUT2D eigenvalue weighted by molar-refractivity contribution is -0.0478. The van der Waals surface area contributed by atoms with Crippen LogP contribution in [0.4, 0.5) is 0 Å². The maximum Gasteiger partial charge on any atom is 0.518 e. The second-order valence-electron chi connectivity index (χ2n) is 6.50. The monoisotopic (exact) mass is 279 g/mol. The fraction of sp³-hybridized carbons (Fsp3) is 0.846. The van der Waals surface area contributed by atoms with E-state index in [1.807, 2.05) is 27.7 Å². The molecule has 2 saturated heterocycles. The van der Waals surface area contributed by atoms with Gasteiger partial charge in [0.05, 0.1) is 17.4 Å². The van der Waals surface area contributed by atoms with Crippen LogP contribution in [-0.2, 0) is 14.0 Å². The zero-order chi connectivity index (χ0) is 14.4. The lowest BCUT2D eigenvalue weighted by Gasteiger charge is -2.32. The van der Waals surface area contributed by atoms with Gasteiger partial charge < -0.3 is 14.0 Å². The van der Waals surface area contributed by atoms with E-state index in [-0.39, 0.29) is 17.4 Å². The Hall–Kier alpha value is -0.915. The molecule has 0 aromatic carbocycles. The highest BCUT2D eigenvalue weighted by Gasteiger charge is 2.52. The molecule has 0 bridgehead atoms. The number of aromatic nitrogens is 3. The first kappa shape index (κ1) is 14.0. The molecule has 1 aromatic heterocycles. The summed E-state index contributed by atoms with van der Waals surface area (Å²) in [6.07, 6.45) is 4.87. The van der Waals surface area contributed by atoms with Crippen LogP contribution in [0.15, 0.2) is 6.20 Å². The van der Waals surface area contributed by atoms with Crippen molar-refractivity contribution >= 4 is 12.7 Å². The van der Waals surface area contributed by atoms with E-state index in [4.69, 9.17) is 14.0 Å². The van der Waals surface area contributed by atoms with E-state index < -0.39 is 7.12 Å². The molecule has 0 radical (unpaired) electrons. The highest BCUT2D eigenvalue weighted by Crippen LogP contribution is 2.36. The van der Waals surface area contributed by atoms with Crippen LogP contribution in [0.2, 0.25) is 0 Å². The summed E-state index contributed by atoms with van der Waals surface area (Å²) in [4.78, 5) is 1.64. The van der Waals surface area contributed by atoms with Crippen molar-refractivity contribution in [3.05, 3.63) is 6.20 Å². The standard InChI is InChI=1S/C13H22BN3O3/c1-12(2)13(3,4)20-14(19-12)10-9-15-17(16-10)11-7-5-6-8-18-11/h9,11H,5-8H2,1-4H3/t11-/m0/s1. The molecule has 6 nitrogen and oxygen atoms in total. The van der Waals surface area contributed by atoms with Gasteiger partial charge in [-0.15, -0.1) is 0 Å². The average molecular weight is 279 g/mol. The van der Waals surface area contributed by atoms with Crippen molar-refractivity contribution in [2.75, 3.05) is 6.61 Å². The van der Waals surface area contributed by atoms with Gasteiger partial charge in [-0.1, -0.05) is 0 Å². The number of hydrogen-bond acceptors (Lipinski definition) is 5. The Kier molecular flexibility index (Phi) is 3.39. The molecule has 110 valence electrons. The van der Waals surface area contributed by atoms with Crippen LogP contribution in [-0.4, -0.2) is 39.9 Å². The summed E-state index contributed by atoms with van der Waals surface area (Å²) in [5.74, 6) is 0. The summed E-state index contributed by atoms with van der Waals surface area (Å²) in [7, 11) is -0.461. The maximum absolute atomic E-state index is 5.97. The Balaban J connectivity index is 1.74. The number of rotatable bonds is 2. The first-order valence-electron chi connectivity index (χ1n) is 7.28. The molecule has 7 heteroatoms. The Morgan fingerprint density at radius 2 is 1.90 bits per heavy atom. The molecule has 2 fully saturated rings. The second-order valence-corrected chi connectivity index (χ2v) is 6.50. The van der Waals surface area contributed by atoms with Gasteiger partial charge in [0.15, 0.2) is 6.23 Å². The minimum atomic E-state index is -0.461. The third kappa shape index (κ3) is 2.38. The van der Waals surface area contributed by atoms with Crippen molar-refractivity contribution in [1.82, 2.24) is 15.0 Å². The molecule has 3 heterocycles. The van der Waals surface area contributed by atoms with E-state index in [9.17, 15) is 0 Å². The molecule has 0 spiro atoms. The SMILES string of the molecule is CC1(C)OB(c2cnn([C@@H]3CCCCO3)n2)OC1(C)C. The predicted octanol–water partition coefficient (Wildman–Crippen LogP) is 1.28. The van der Waals surface area contributed by atoms with Gasteiger partial charge >= 0.3 is 7.12 Å². The number of hydrogen-bond donors (Lipinski definition) is 0. The molecular weight excluding hydrogens is 257 g/mol. The maximum atomic E-state index is 5.97. The van der Waals surface area contributed by atoms with Crippen molar-refractivity contribution in [1.29, 1.82) is 0 Å². The van der Waals surface area contributed by atoms with Crippen LogP contribution in [0.3, 0.4) is 0 Å². The van der Waals surface area contributed by atoms with E-state index in [0.717, 1.165) is 25.9 Å². The third-order valence-electron chi connectivity index (χ3n) is 4.43. The molecule has 20 heavy (non-hydrogen) atoms. The smallest absolute Gasteiger partial charge is 0.398 e. The zero-order valence-electron chi connectivity index (χ0n) is 12.6. The summed E-state index contributed by atoms with van der Waals surface area (Å²) in [5.41, 5.74) is -0.0104. The lowest BCUT2D eigenvalue weighted by Crippen LogP contribution is -2.41. The van der Waals surface area contributed by atoms with Crippen LogP contribution in [0.25, 0.3) is 0 Å². The average Bonchev–Trinajstić information content (AvgIpc) is 2.94. The zero-order valence-corrected chi connectivity index (χ0v) is 12.6. The summed E-state index contributed by atoms with van der Waals surface area (Å²) >= 11 is 0. The summed E-state index contributed by atoms with van der Waals surface area (Å²) in [6, 6.07) is 0. The Morgan fingerprint density at radius 3 is 2.50 bits per heavy atom. The number of nitrogens with zero attached hydrogens (tertiary/aromatic N) is 3. The lowest BCUT2D eigenvalue weighted by atomic mass is 9.86. The molecule has 2 aliphatic heterocycles. The summed E-state index contributed by atoms with van der Waals surface area (Å²) in [6.45, 7) is 8.89. The van der Waals surface area contributed by atoms with E-state index >= 15 is 0 Å². The van der Waals surface area contributed by atoms with E-state index in [2.05, 4.69) is 10.2 Å². The molecule has 0 saturated carbocycles. The predicted molar refractivity (Wildman–Crippen MR) is 74.6 cm³/mol. The van der Waals surface area contributed by atoms with Crippen LogP contribution >= 0.6 is 0 Å². The molecule has 3 rings (SSSR count). The van der Waals surface area contributed by atoms with E-state index in [1.165, 1.54) is 0 Å². The third-order valence-corrected chi connectivity index (χ3v) is 4.43. The van der Waals surface area contributed by atoms with Crippen LogP contribution in [0.5, 0.6) is 0 Å². The van der Waals surface area contributed by atoms with Gasteiger partial charge in [0, 0.05) is 6.61 Å². The summed E-state index contributed by atoms with van der Waals surface area (Å²) < 4.78 is 17.6. The van der Waals surface area contributed by atoms with Gasteiger partial charge in [-0.05, 0) is 47.0 Å². The van der Waals surface area contributed by atoms with Gasteiger partial charge in [-0.25, -0.2) is 0 Å². The minimum Gasteiger partial charge on any atom is -0.398 e. The van der Waals surface area contributed by atoms with Gasteiger partial charge in [-0.2, -0.15) is 15.0 Å². The first-order valence-corrected chi connectivity index (χ1v) is 7.28. The van der Waals surface area contributed by atoms with Crippen LogP contribution in [0, 0.1) is 0 Å². The van der Waals surface area contributed by atoms with E-state index in [0.29, 0.717) is 5.59 Å². The molecule has 1 aromatic rings. The van der Waals surface area contributed by atoms with Crippen molar-refractivity contribution in [2.45, 2.75) is 64.4 Å². The van der Waals surface area contributed by atoms with Crippen molar-refractivity contribution in [3.8, 4) is 0 Å². The van der Waals surface area contributed by atoms with Gasteiger partial charge in [0.1, 0.15) is 5.59 Å². The first-order chi connectivity index (χ1) is 9.39. The molecule has 2 aliphatic rings. The minimum absolute atomic E-state index is 0.0556. The topological polar surface area (TPSA) is 58.4 Å². The Bertz CT molecular complexity index is 467. The fourth-order valence-corrected chi connectivity index (χ4v) is 2.40.